The maximum absolute atomic E-state index is 13.3. The van der Waals surface area contributed by atoms with Crippen molar-refractivity contribution in [2.24, 2.45) is 0 Å². The molecule has 0 spiro atoms. The minimum atomic E-state index is -3.92. The summed E-state index contributed by atoms with van der Waals surface area (Å²) in [4.78, 5) is 15.5. The predicted octanol–water partition coefficient (Wildman–Crippen LogP) is 4.85. The molecular formula is C29H31N3O6S. The summed E-state index contributed by atoms with van der Waals surface area (Å²) in [6.07, 6.45) is 2.32. The van der Waals surface area contributed by atoms with Gasteiger partial charge in [0.15, 0.2) is 6.39 Å². The number of ether oxygens (including phenoxy) is 1. The molecule has 1 aliphatic heterocycles. The summed E-state index contributed by atoms with van der Waals surface area (Å²) < 4.78 is 38.5. The molecule has 0 saturated heterocycles. The zero-order valence-electron chi connectivity index (χ0n) is 21.6. The quantitative estimate of drug-likeness (QED) is 0.304. The van der Waals surface area contributed by atoms with E-state index >= 15 is 0 Å². The lowest BCUT2D eigenvalue weighted by molar-refractivity contribution is -0.137. The molecule has 3 aromatic carbocycles. The minimum absolute atomic E-state index is 0.0584. The van der Waals surface area contributed by atoms with Gasteiger partial charge in [-0.05, 0) is 49.1 Å². The third kappa shape index (κ3) is 7.68. The summed E-state index contributed by atoms with van der Waals surface area (Å²) in [6, 6.07) is 26.4. The van der Waals surface area contributed by atoms with Gasteiger partial charge in [0.1, 0.15) is 35.7 Å². The highest BCUT2D eigenvalue weighted by molar-refractivity contribution is 7.89. The van der Waals surface area contributed by atoms with Gasteiger partial charge in [-0.1, -0.05) is 66.7 Å². The summed E-state index contributed by atoms with van der Waals surface area (Å²) in [7, 11) is -3.92. The number of carboxylic acid groups (broad SMARTS) is 1. The molecule has 2 heterocycles. The number of benzene rings is 3. The molecule has 0 radical (unpaired) electrons. The summed E-state index contributed by atoms with van der Waals surface area (Å²) in [5.41, 5.74) is 3.15. The van der Waals surface area contributed by atoms with E-state index in [0.717, 1.165) is 15.6 Å². The lowest BCUT2D eigenvalue weighted by atomic mass is 10.0. The minimum Gasteiger partial charge on any atom is -0.487 e. The van der Waals surface area contributed by atoms with Crippen LogP contribution in [0.2, 0.25) is 0 Å². The van der Waals surface area contributed by atoms with Crippen molar-refractivity contribution in [2.75, 3.05) is 11.9 Å². The Balaban J connectivity index is 0.000000519. The maximum Gasteiger partial charge on any atom is 0.318 e. The van der Waals surface area contributed by atoms with Crippen molar-refractivity contribution in [2.45, 2.75) is 38.3 Å². The molecule has 0 amide bonds. The molecule has 0 bridgehead atoms. The number of carbonyl (C=O) groups is 1. The molecule has 0 saturated carbocycles. The van der Waals surface area contributed by atoms with Crippen LogP contribution in [0.3, 0.4) is 0 Å². The Labute approximate surface area is 228 Å². The first-order chi connectivity index (χ1) is 18.8. The van der Waals surface area contributed by atoms with Crippen molar-refractivity contribution in [3.8, 4) is 5.75 Å². The lowest BCUT2D eigenvalue weighted by Crippen LogP contribution is -2.45. The summed E-state index contributed by atoms with van der Waals surface area (Å²) in [5, 5.41) is 11.5. The molecule has 10 heteroatoms. The van der Waals surface area contributed by atoms with Crippen molar-refractivity contribution >= 4 is 21.7 Å². The van der Waals surface area contributed by atoms with Gasteiger partial charge in [0, 0.05) is 12.2 Å². The number of para-hydroxylation sites is 1. The molecule has 5 rings (SSSR count). The number of hydrogen-bond donors (Lipinski definition) is 2. The number of aliphatic carboxylic acids is 1. The number of aromatic nitrogens is 1. The number of fused-ring (bicyclic) bond motifs is 1. The van der Waals surface area contributed by atoms with Crippen molar-refractivity contribution in [3.05, 3.63) is 114 Å². The normalized spacial score (nSPS) is 14.5. The first kappa shape index (κ1) is 27.9. The van der Waals surface area contributed by atoms with Crippen LogP contribution in [-0.2, 0) is 34.4 Å². The molecule has 1 unspecified atom stereocenters. The van der Waals surface area contributed by atoms with Gasteiger partial charge in [0.05, 0.1) is 0 Å². The lowest BCUT2D eigenvalue weighted by Gasteiger charge is -2.31. The molecule has 204 valence electrons. The fourth-order valence-corrected chi connectivity index (χ4v) is 5.77. The molecule has 39 heavy (non-hydrogen) atoms. The van der Waals surface area contributed by atoms with Gasteiger partial charge in [0.25, 0.3) is 0 Å². The molecule has 0 aliphatic carbocycles. The monoisotopic (exact) mass is 549 g/mol. The first-order valence-corrected chi connectivity index (χ1v) is 14.0. The second-order valence-electron chi connectivity index (χ2n) is 8.98. The van der Waals surface area contributed by atoms with Gasteiger partial charge in [-0.25, -0.2) is 13.4 Å². The largest absolute Gasteiger partial charge is 0.487 e. The number of oxazole rings is 1. The number of hydrogen-bond acceptors (Lipinski definition) is 7. The molecule has 0 fully saturated rings. The highest BCUT2D eigenvalue weighted by Gasteiger charge is 2.35. The maximum atomic E-state index is 13.3. The highest BCUT2D eigenvalue weighted by atomic mass is 32.2. The van der Waals surface area contributed by atoms with Crippen molar-refractivity contribution in [1.82, 2.24) is 9.29 Å². The van der Waals surface area contributed by atoms with E-state index < -0.39 is 27.9 Å². The number of aryl methyl sites for hydroxylation is 2. The van der Waals surface area contributed by atoms with Gasteiger partial charge in [-0.2, -0.15) is 4.31 Å². The zero-order valence-corrected chi connectivity index (χ0v) is 22.4. The first-order valence-electron chi connectivity index (χ1n) is 12.5. The SMILES string of the molecule is Cc1ocnc1COc1ccc(CN(CC(=O)O)S(=O)(=O)C2CCc3ccccc3N2)cc1.c1ccccc1. The number of carboxylic acids is 1. The van der Waals surface area contributed by atoms with E-state index in [4.69, 9.17) is 9.15 Å². The van der Waals surface area contributed by atoms with Crippen LogP contribution in [0.15, 0.2) is 95.7 Å². The third-order valence-corrected chi connectivity index (χ3v) is 8.26. The molecule has 4 aromatic rings. The molecule has 1 aliphatic rings. The van der Waals surface area contributed by atoms with Gasteiger partial charge in [-0.15, -0.1) is 0 Å². The molecule has 1 atom stereocenters. The van der Waals surface area contributed by atoms with Crippen molar-refractivity contribution in [3.63, 3.8) is 0 Å². The van der Waals surface area contributed by atoms with Crippen LogP contribution in [0.4, 0.5) is 5.69 Å². The van der Waals surface area contributed by atoms with Gasteiger partial charge in [0.2, 0.25) is 10.0 Å². The van der Waals surface area contributed by atoms with Crippen molar-refractivity contribution in [1.29, 1.82) is 0 Å². The number of rotatable bonds is 9. The standard InChI is InChI=1S/C23H25N3O6S.C6H6/c1-16-21(24-15-32-16)14-31-19-9-6-17(7-10-19)12-26(13-23(27)28)33(29,30)22-11-8-18-4-2-3-5-20(18)25-22;1-2-4-6-5-3-1/h2-7,9-10,15,22,25H,8,11-14H2,1H3,(H,27,28);1-6H. The Morgan fingerprint density at radius 3 is 2.33 bits per heavy atom. The van der Waals surface area contributed by atoms with E-state index in [-0.39, 0.29) is 13.2 Å². The number of anilines is 1. The molecule has 9 nitrogen and oxygen atoms in total. The second kappa shape index (κ2) is 13.1. The van der Waals surface area contributed by atoms with Crippen LogP contribution in [0.25, 0.3) is 0 Å². The summed E-state index contributed by atoms with van der Waals surface area (Å²) in [5.74, 6) is 0.0529. The van der Waals surface area contributed by atoms with E-state index in [2.05, 4.69) is 10.3 Å². The van der Waals surface area contributed by atoms with Crippen LogP contribution in [0.1, 0.15) is 29.0 Å². The summed E-state index contributed by atoms with van der Waals surface area (Å²) in [6.45, 7) is 1.37. The molecule has 2 N–H and O–H groups in total. The van der Waals surface area contributed by atoms with Crippen molar-refractivity contribution < 1.29 is 27.5 Å². The Morgan fingerprint density at radius 2 is 1.72 bits per heavy atom. The second-order valence-corrected chi connectivity index (χ2v) is 11.1. The fraction of sp³-hybridized carbons (Fsp3) is 0.241. The van der Waals surface area contributed by atoms with E-state index in [9.17, 15) is 18.3 Å². The van der Waals surface area contributed by atoms with Crippen LogP contribution >= 0.6 is 0 Å². The fourth-order valence-electron chi connectivity index (χ4n) is 4.10. The Morgan fingerprint density at radius 1 is 1.05 bits per heavy atom. The topological polar surface area (TPSA) is 122 Å². The Bertz CT molecular complexity index is 1430. The average Bonchev–Trinajstić information content (AvgIpc) is 3.37. The van der Waals surface area contributed by atoms with Crippen LogP contribution < -0.4 is 10.1 Å². The van der Waals surface area contributed by atoms with E-state index in [1.807, 2.05) is 60.7 Å². The predicted molar refractivity (Wildman–Crippen MR) is 148 cm³/mol. The van der Waals surface area contributed by atoms with E-state index in [1.165, 1.54) is 6.39 Å². The van der Waals surface area contributed by atoms with Crippen LogP contribution in [0.5, 0.6) is 5.75 Å². The zero-order chi connectivity index (χ0) is 27.7. The number of sulfonamides is 1. The van der Waals surface area contributed by atoms with Gasteiger partial charge < -0.3 is 19.6 Å². The smallest absolute Gasteiger partial charge is 0.318 e. The van der Waals surface area contributed by atoms with Crippen LogP contribution in [-0.4, -0.2) is 40.7 Å². The van der Waals surface area contributed by atoms with E-state index in [0.29, 0.717) is 35.6 Å². The number of nitrogens with zero attached hydrogens (tertiary/aromatic N) is 2. The third-order valence-electron chi connectivity index (χ3n) is 6.21. The van der Waals surface area contributed by atoms with Gasteiger partial charge >= 0.3 is 5.97 Å². The molecular weight excluding hydrogens is 518 g/mol. The number of nitrogens with one attached hydrogen (secondary N) is 1. The van der Waals surface area contributed by atoms with E-state index in [1.54, 1.807) is 31.2 Å². The Kier molecular flexibility index (Phi) is 9.35. The highest BCUT2D eigenvalue weighted by Crippen LogP contribution is 2.28. The molecule has 1 aromatic heterocycles. The summed E-state index contributed by atoms with van der Waals surface area (Å²) >= 11 is 0. The average molecular weight is 550 g/mol. The van der Waals surface area contributed by atoms with Crippen LogP contribution in [0, 0.1) is 6.92 Å². The van der Waals surface area contributed by atoms with Gasteiger partial charge in [-0.3, -0.25) is 4.79 Å². The Hall–Kier alpha value is -4.15.